The molecule has 1 amide bonds. The summed E-state index contributed by atoms with van der Waals surface area (Å²) in [6.45, 7) is 2.84. The van der Waals surface area contributed by atoms with E-state index in [2.05, 4.69) is 9.97 Å². The van der Waals surface area contributed by atoms with Crippen molar-refractivity contribution in [1.29, 1.82) is 5.26 Å². The standard InChI is InChI=1S/C19H18FN5O2/c1-24-5-4-14-16(13-3-2-12(11-21)10-15(13)20)22-19(23-17(14)18(24)26)25-6-8-27-9-7-25/h2-3,10H,4-9H2,1H3. The Morgan fingerprint density at radius 3 is 2.63 bits per heavy atom. The Hall–Kier alpha value is -3.05. The molecule has 0 atom stereocenters. The van der Waals surface area contributed by atoms with E-state index >= 15 is 0 Å². The lowest BCUT2D eigenvalue weighted by Gasteiger charge is -2.30. The van der Waals surface area contributed by atoms with Gasteiger partial charge in [-0.25, -0.2) is 14.4 Å². The summed E-state index contributed by atoms with van der Waals surface area (Å²) >= 11 is 0. The first-order valence-electron chi connectivity index (χ1n) is 8.77. The maximum absolute atomic E-state index is 14.7. The lowest BCUT2D eigenvalue weighted by atomic mass is 9.97. The number of nitriles is 1. The molecule has 2 aromatic rings. The summed E-state index contributed by atoms with van der Waals surface area (Å²) in [6, 6.07) is 6.22. The van der Waals surface area contributed by atoms with E-state index < -0.39 is 5.82 Å². The van der Waals surface area contributed by atoms with Gasteiger partial charge in [0.05, 0.1) is 30.5 Å². The van der Waals surface area contributed by atoms with Gasteiger partial charge in [0.1, 0.15) is 11.5 Å². The molecule has 3 heterocycles. The van der Waals surface area contributed by atoms with E-state index in [1.54, 1.807) is 24.1 Å². The molecule has 0 saturated carbocycles. The summed E-state index contributed by atoms with van der Waals surface area (Å²) < 4.78 is 20.1. The fourth-order valence-corrected chi connectivity index (χ4v) is 3.35. The molecule has 8 heteroatoms. The van der Waals surface area contributed by atoms with Crippen molar-refractivity contribution in [2.75, 3.05) is 44.8 Å². The van der Waals surface area contributed by atoms with Gasteiger partial charge in [0.25, 0.3) is 5.91 Å². The van der Waals surface area contributed by atoms with Gasteiger partial charge in [-0.1, -0.05) is 0 Å². The van der Waals surface area contributed by atoms with Crippen molar-refractivity contribution in [1.82, 2.24) is 14.9 Å². The minimum Gasteiger partial charge on any atom is -0.378 e. The number of hydrogen-bond donors (Lipinski definition) is 0. The molecule has 1 aromatic heterocycles. The number of ether oxygens (including phenoxy) is 1. The molecule has 0 radical (unpaired) electrons. The van der Waals surface area contributed by atoms with E-state index in [4.69, 9.17) is 10.00 Å². The molecule has 0 aliphatic carbocycles. The van der Waals surface area contributed by atoms with Gasteiger partial charge in [-0.05, 0) is 24.6 Å². The summed E-state index contributed by atoms with van der Waals surface area (Å²) in [7, 11) is 1.73. The first kappa shape index (κ1) is 17.4. The van der Waals surface area contributed by atoms with Crippen LogP contribution in [0.2, 0.25) is 0 Å². The number of aromatic nitrogens is 2. The predicted octanol–water partition coefficient (Wildman–Crippen LogP) is 1.62. The average molecular weight is 367 g/mol. The monoisotopic (exact) mass is 367 g/mol. The summed E-state index contributed by atoms with van der Waals surface area (Å²) in [5.41, 5.74) is 1.91. The molecule has 0 N–H and O–H groups in total. The third-order valence-electron chi connectivity index (χ3n) is 4.89. The Morgan fingerprint density at radius 1 is 1.19 bits per heavy atom. The van der Waals surface area contributed by atoms with E-state index in [0.29, 0.717) is 62.2 Å². The number of nitrogens with zero attached hydrogens (tertiary/aromatic N) is 5. The van der Waals surface area contributed by atoms with Crippen LogP contribution >= 0.6 is 0 Å². The van der Waals surface area contributed by atoms with Crippen molar-refractivity contribution in [3.05, 3.63) is 40.8 Å². The van der Waals surface area contributed by atoms with Crippen molar-refractivity contribution in [2.24, 2.45) is 0 Å². The summed E-state index contributed by atoms with van der Waals surface area (Å²) in [5.74, 6) is -0.322. The highest BCUT2D eigenvalue weighted by Crippen LogP contribution is 2.31. The molecule has 4 rings (SSSR count). The molecule has 0 bridgehead atoms. The predicted molar refractivity (Wildman–Crippen MR) is 95.8 cm³/mol. The fourth-order valence-electron chi connectivity index (χ4n) is 3.35. The third-order valence-corrected chi connectivity index (χ3v) is 4.89. The zero-order chi connectivity index (χ0) is 19.0. The van der Waals surface area contributed by atoms with Gasteiger partial charge in [-0.15, -0.1) is 0 Å². The highest BCUT2D eigenvalue weighted by Gasteiger charge is 2.30. The van der Waals surface area contributed by atoms with Crippen molar-refractivity contribution >= 4 is 11.9 Å². The minimum atomic E-state index is -0.533. The molecule has 1 fully saturated rings. The van der Waals surface area contributed by atoms with Gasteiger partial charge in [-0.2, -0.15) is 5.26 Å². The Bertz CT molecular complexity index is 950. The first-order chi connectivity index (χ1) is 13.1. The number of anilines is 1. The molecule has 2 aliphatic heterocycles. The van der Waals surface area contributed by atoms with E-state index in [-0.39, 0.29) is 17.0 Å². The quantitative estimate of drug-likeness (QED) is 0.802. The lowest BCUT2D eigenvalue weighted by Crippen LogP contribution is -2.40. The highest BCUT2D eigenvalue weighted by atomic mass is 19.1. The number of carbonyl (C=O) groups is 1. The van der Waals surface area contributed by atoms with Crippen LogP contribution in [-0.4, -0.2) is 60.7 Å². The number of fused-ring (bicyclic) bond motifs is 1. The Balaban J connectivity index is 1.89. The maximum atomic E-state index is 14.7. The number of benzene rings is 1. The number of hydrogen-bond acceptors (Lipinski definition) is 6. The highest BCUT2D eigenvalue weighted by molar-refractivity contribution is 5.96. The number of amides is 1. The largest absolute Gasteiger partial charge is 0.378 e. The van der Waals surface area contributed by atoms with Gasteiger partial charge in [0.15, 0.2) is 0 Å². The molecule has 138 valence electrons. The van der Waals surface area contributed by atoms with Crippen LogP contribution in [0.3, 0.4) is 0 Å². The number of halogens is 1. The van der Waals surface area contributed by atoms with Crippen LogP contribution in [0.5, 0.6) is 0 Å². The second-order valence-corrected chi connectivity index (χ2v) is 6.58. The zero-order valence-electron chi connectivity index (χ0n) is 14.9. The van der Waals surface area contributed by atoms with Crippen LogP contribution < -0.4 is 4.90 Å². The summed E-state index contributed by atoms with van der Waals surface area (Å²) in [6.07, 6.45) is 0.551. The minimum absolute atomic E-state index is 0.191. The Morgan fingerprint density at radius 2 is 1.93 bits per heavy atom. The zero-order valence-corrected chi connectivity index (χ0v) is 14.9. The molecule has 1 saturated heterocycles. The molecular weight excluding hydrogens is 349 g/mol. The molecule has 2 aliphatic rings. The molecule has 27 heavy (non-hydrogen) atoms. The van der Waals surface area contributed by atoms with Crippen LogP contribution in [0.1, 0.15) is 21.6 Å². The smallest absolute Gasteiger partial charge is 0.272 e. The Labute approximate surface area is 156 Å². The average Bonchev–Trinajstić information content (AvgIpc) is 2.71. The van der Waals surface area contributed by atoms with Crippen LogP contribution in [0.4, 0.5) is 10.3 Å². The molecule has 0 unspecified atom stereocenters. The maximum Gasteiger partial charge on any atom is 0.272 e. The van der Waals surface area contributed by atoms with Crippen molar-refractivity contribution < 1.29 is 13.9 Å². The topological polar surface area (TPSA) is 82.3 Å². The molecule has 1 aromatic carbocycles. The van der Waals surface area contributed by atoms with E-state index in [0.717, 1.165) is 0 Å². The van der Waals surface area contributed by atoms with Gasteiger partial charge >= 0.3 is 0 Å². The number of likely N-dealkylation sites (N-methyl/N-ethyl adjacent to an activating group) is 1. The normalized spacial score (nSPS) is 16.9. The molecule has 0 spiro atoms. The SMILES string of the molecule is CN1CCc2c(nc(N3CCOCC3)nc2-c2ccc(C#N)cc2F)C1=O. The number of carbonyl (C=O) groups excluding carboxylic acids is 1. The van der Waals surface area contributed by atoms with Gasteiger partial charge in [0, 0.05) is 37.8 Å². The van der Waals surface area contributed by atoms with Gasteiger partial charge in [0.2, 0.25) is 5.95 Å². The van der Waals surface area contributed by atoms with Gasteiger partial charge in [-0.3, -0.25) is 4.79 Å². The number of rotatable bonds is 2. The second-order valence-electron chi connectivity index (χ2n) is 6.58. The van der Waals surface area contributed by atoms with Gasteiger partial charge < -0.3 is 14.5 Å². The van der Waals surface area contributed by atoms with Crippen molar-refractivity contribution in [2.45, 2.75) is 6.42 Å². The first-order valence-corrected chi connectivity index (χ1v) is 8.77. The summed E-state index contributed by atoms with van der Waals surface area (Å²) in [5, 5.41) is 8.98. The fraction of sp³-hybridized carbons (Fsp3) is 0.368. The van der Waals surface area contributed by atoms with Crippen molar-refractivity contribution in [3.63, 3.8) is 0 Å². The molecular formula is C19H18FN5O2. The molecule has 7 nitrogen and oxygen atoms in total. The van der Waals surface area contributed by atoms with E-state index in [9.17, 15) is 9.18 Å². The lowest BCUT2D eigenvalue weighted by molar-refractivity contribution is 0.0774. The summed E-state index contributed by atoms with van der Waals surface area (Å²) in [4.78, 5) is 25.4. The second kappa shape index (κ2) is 6.93. The van der Waals surface area contributed by atoms with Crippen molar-refractivity contribution in [3.8, 4) is 17.3 Å². The van der Waals surface area contributed by atoms with Crippen LogP contribution in [0.25, 0.3) is 11.3 Å². The van der Waals surface area contributed by atoms with E-state index in [1.165, 1.54) is 6.07 Å². The van der Waals surface area contributed by atoms with E-state index in [1.807, 2.05) is 11.0 Å². The number of morpholine rings is 1. The van der Waals surface area contributed by atoms with Crippen LogP contribution in [-0.2, 0) is 11.2 Å². The van der Waals surface area contributed by atoms with Crippen LogP contribution in [0.15, 0.2) is 18.2 Å². The van der Waals surface area contributed by atoms with Crippen LogP contribution in [0, 0.1) is 17.1 Å². The Kier molecular flexibility index (Phi) is 4.46. The third kappa shape index (κ3) is 3.11.